The zero-order valence-electron chi connectivity index (χ0n) is 39.4. The summed E-state index contributed by atoms with van der Waals surface area (Å²) in [6, 6.07) is 0. The van der Waals surface area contributed by atoms with Gasteiger partial charge in [-0.3, -0.25) is 18.6 Å². The maximum Gasteiger partial charge on any atom is 0.472 e. The summed E-state index contributed by atoms with van der Waals surface area (Å²) < 4.78 is 47.0. The number of esters is 2. The van der Waals surface area contributed by atoms with E-state index < -0.39 is 32.5 Å². The Morgan fingerprint density at radius 3 is 1.37 bits per heavy atom. The third kappa shape index (κ3) is 23.1. The number of carbonyl (C=O) groups excluding carboxylic acids is 2. The maximum absolute atomic E-state index is 12.8. The second kappa shape index (κ2) is 29.8. The molecule has 0 radical (unpaired) electrons. The first-order valence-corrected chi connectivity index (χ1v) is 25.0. The fourth-order valence-corrected chi connectivity index (χ4v) is 7.99. The third-order valence-corrected chi connectivity index (χ3v) is 12.5. The van der Waals surface area contributed by atoms with Crippen LogP contribution in [0.3, 0.4) is 0 Å². The monoisotopic (exact) mass is 867 g/mol. The molecular weight excluding hydrogens is 781 g/mol. The Bertz CT molecular complexity index is 1540. The highest BCUT2D eigenvalue weighted by Gasteiger charge is 2.27. The lowest BCUT2D eigenvalue weighted by molar-refractivity contribution is -0.870. The topological polar surface area (TPSA) is 135 Å². The Labute approximate surface area is 364 Å². The number of aryl methyl sites for hydroxylation is 4. The third-order valence-electron chi connectivity index (χ3n) is 11.5. The average molecular weight is 867 g/mol. The summed E-state index contributed by atoms with van der Waals surface area (Å²) in [4.78, 5) is 35.7. The SMILES string of the molecule is CCCCCc1oc(CCCCCCCCC(=O)OCC(COP(=O)(O)OCC[N+](C)(C)C)OC(=O)CCCCCCCCc2oc(CCCCC)c(C)c2C)c(C)c1C. The van der Waals surface area contributed by atoms with Crippen molar-refractivity contribution in [3.05, 3.63) is 45.3 Å². The molecule has 0 aliphatic carbocycles. The molecule has 0 bridgehead atoms. The van der Waals surface area contributed by atoms with Gasteiger partial charge in [0, 0.05) is 38.5 Å². The molecule has 0 aliphatic rings. The Hall–Kier alpha value is -2.43. The van der Waals surface area contributed by atoms with Crippen LogP contribution in [0, 0.1) is 27.7 Å². The van der Waals surface area contributed by atoms with Gasteiger partial charge in [-0.2, -0.15) is 0 Å². The summed E-state index contributed by atoms with van der Waals surface area (Å²) in [5.74, 6) is 3.70. The highest BCUT2D eigenvalue weighted by Crippen LogP contribution is 2.43. The van der Waals surface area contributed by atoms with Crippen LogP contribution < -0.4 is 0 Å². The van der Waals surface area contributed by atoms with E-state index in [-0.39, 0.29) is 26.1 Å². The Morgan fingerprint density at radius 2 is 0.950 bits per heavy atom. The predicted molar refractivity (Wildman–Crippen MR) is 240 cm³/mol. The number of furan rings is 2. The van der Waals surface area contributed by atoms with Gasteiger partial charge in [-0.15, -0.1) is 0 Å². The Balaban J connectivity index is 1.70. The number of hydrogen-bond acceptors (Lipinski definition) is 9. The Kier molecular flexibility index (Phi) is 26.7. The molecule has 2 unspecified atom stereocenters. The largest absolute Gasteiger partial charge is 0.472 e. The van der Waals surface area contributed by atoms with E-state index in [9.17, 15) is 19.0 Å². The number of rotatable bonds is 36. The molecule has 1 N–H and O–H groups in total. The van der Waals surface area contributed by atoms with Crippen LogP contribution in [-0.4, -0.2) is 74.9 Å². The molecule has 2 aromatic heterocycles. The first kappa shape index (κ1) is 53.7. The molecule has 0 aliphatic heterocycles. The number of quaternary nitrogens is 1. The molecule has 12 heteroatoms. The van der Waals surface area contributed by atoms with E-state index in [4.69, 9.17) is 27.4 Å². The summed E-state index contributed by atoms with van der Waals surface area (Å²) in [5.41, 5.74) is 5.21. The Morgan fingerprint density at radius 1 is 0.567 bits per heavy atom. The zero-order chi connectivity index (χ0) is 44.4. The second-order valence-corrected chi connectivity index (χ2v) is 19.4. The molecule has 346 valence electrons. The van der Waals surface area contributed by atoms with Gasteiger partial charge in [0.15, 0.2) is 6.10 Å². The van der Waals surface area contributed by atoms with E-state index in [1.807, 2.05) is 21.1 Å². The lowest BCUT2D eigenvalue weighted by Crippen LogP contribution is -2.37. The molecular formula is C48H85NO10P+. The molecule has 0 saturated heterocycles. The highest BCUT2D eigenvalue weighted by molar-refractivity contribution is 7.47. The second-order valence-electron chi connectivity index (χ2n) is 18.0. The lowest BCUT2D eigenvalue weighted by atomic mass is 10.0. The molecule has 0 spiro atoms. The molecule has 0 saturated carbocycles. The van der Waals surface area contributed by atoms with Crippen LogP contribution >= 0.6 is 7.82 Å². The summed E-state index contributed by atoms with van der Waals surface area (Å²) in [5, 5.41) is 0. The summed E-state index contributed by atoms with van der Waals surface area (Å²) in [6.07, 6.45) is 22.4. The molecule has 2 atom stereocenters. The van der Waals surface area contributed by atoms with Crippen LogP contribution in [0.4, 0.5) is 0 Å². The van der Waals surface area contributed by atoms with E-state index in [2.05, 4.69) is 41.5 Å². The van der Waals surface area contributed by atoms with E-state index in [1.165, 1.54) is 60.8 Å². The van der Waals surface area contributed by atoms with Crippen molar-refractivity contribution in [3.63, 3.8) is 0 Å². The minimum Gasteiger partial charge on any atom is -0.466 e. The van der Waals surface area contributed by atoms with E-state index in [0.29, 0.717) is 23.9 Å². The zero-order valence-corrected chi connectivity index (χ0v) is 40.3. The number of phosphoric ester groups is 1. The van der Waals surface area contributed by atoms with Crippen molar-refractivity contribution in [3.8, 4) is 0 Å². The van der Waals surface area contributed by atoms with Crippen molar-refractivity contribution in [1.29, 1.82) is 0 Å². The summed E-state index contributed by atoms with van der Waals surface area (Å²) in [7, 11) is 1.43. The van der Waals surface area contributed by atoms with Crippen LogP contribution in [0.25, 0.3) is 0 Å². The van der Waals surface area contributed by atoms with Gasteiger partial charge in [-0.05, 0) is 88.5 Å². The van der Waals surface area contributed by atoms with E-state index >= 15 is 0 Å². The fraction of sp³-hybridized carbons (Fsp3) is 0.792. The van der Waals surface area contributed by atoms with Crippen molar-refractivity contribution in [2.45, 2.75) is 202 Å². The molecule has 2 heterocycles. The number of ether oxygens (including phenoxy) is 2. The standard InChI is InChI=1S/C48H84NO10P/c1-10-12-22-28-43-38(3)40(5)45(58-43)30-24-18-14-16-20-26-32-47(50)54-36-42(37-56-60(52,53)55-35-34-49(7,8)9)57-48(51)33-27-21-17-15-19-25-31-46-41(6)39(4)44(59-46)29-23-13-11-2/h42H,10-37H2,1-9H3/p+1. The van der Waals surface area contributed by atoms with Crippen LogP contribution in [0.5, 0.6) is 0 Å². The van der Waals surface area contributed by atoms with Gasteiger partial charge in [0.1, 0.15) is 42.8 Å². The number of unbranched alkanes of at least 4 members (excludes halogenated alkanes) is 14. The van der Waals surface area contributed by atoms with Crippen molar-refractivity contribution >= 4 is 19.8 Å². The van der Waals surface area contributed by atoms with Crippen molar-refractivity contribution in [1.82, 2.24) is 0 Å². The van der Waals surface area contributed by atoms with Gasteiger partial charge in [0.2, 0.25) is 0 Å². The predicted octanol–water partition coefficient (Wildman–Crippen LogP) is 12.1. The summed E-state index contributed by atoms with van der Waals surface area (Å²) in [6.45, 7) is 12.9. The van der Waals surface area contributed by atoms with Gasteiger partial charge in [0.05, 0.1) is 27.7 Å². The molecule has 11 nitrogen and oxygen atoms in total. The number of nitrogens with zero attached hydrogens (tertiary/aromatic N) is 1. The first-order chi connectivity index (χ1) is 28.6. The molecule has 0 amide bonds. The number of carbonyl (C=O) groups is 2. The van der Waals surface area contributed by atoms with E-state index in [0.717, 1.165) is 113 Å². The molecule has 60 heavy (non-hydrogen) atoms. The van der Waals surface area contributed by atoms with Gasteiger partial charge < -0.3 is 27.7 Å². The highest BCUT2D eigenvalue weighted by atomic mass is 31.2. The lowest BCUT2D eigenvalue weighted by Gasteiger charge is -2.24. The normalized spacial score (nSPS) is 13.4. The van der Waals surface area contributed by atoms with Crippen molar-refractivity contribution < 1.29 is 50.9 Å². The smallest absolute Gasteiger partial charge is 0.466 e. The maximum atomic E-state index is 12.8. The number of hydrogen-bond donors (Lipinski definition) is 1. The molecule has 0 aromatic carbocycles. The molecule has 2 rings (SSSR count). The van der Waals surface area contributed by atoms with Crippen molar-refractivity contribution in [2.75, 3.05) is 47.5 Å². The van der Waals surface area contributed by atoms with Crippen LogP contribution in [0.15, 0.2) is 8.83 Å². The van der Waals surface area contributed by atoms with Crippen LogP contribution in [0.2, 0.25) is 0 Å². The van der Waals surface area contributed by atoms with Crippen molar-refractivity contribution in [2.24, 2.45) is 0 Å². The average Bonchev–Trinajstić information content (AvgIpc) is 3.62. The van der Waals surface area contributed by atoms with Gasteiger partial charge in [-0.1, -0.05) is 90.9 Å². The van der Waals surface area contributed by atoms with Gasteiger partial charge in [0.25, 0.3) is 0 Å². The molecule has 2 aromatic rings. The number of phosphoric acid groups is 1. The first-order valence-electron chi connectivity index (χ1n) is 23.5. The van der Waals surface area contributed by atoms with Gasteiger partial charge >= 0.3 is 19.8 Å². The van der Waals surface area contributed by atoms with Crippen LogP contribution in [-0.2, 0) is 58.4 Å². The summed E-state index contributed by atoms with van der Waals surface area (Å²) >= 11 is 0. The minimum atomic E-state index is -4.41. The van der Waals surface area contributed by atoms with Gasteiger partial charge in [-0.25, -0.2) is 4.57 Å². The molecule has 0 fully saturated rings. The van der Waals surface area contributed by atoms with E-state index in [1.54, 1.807) is 0 Å². The fourth-order valence-electron chi connectivity index (χ4n) is 7.25. The minimum absolute atomic E-state index is 0.0162. The quantitative estimate of drug-likeness (QED) is 0.0305. The van der Waals surface area contributed by atoms with Crippen LogP contribution in [0.1, 0.15) is 188 Å². The number of likely N-dealkylation sites (N-methyl/N-ethyl adjacent to an activating group) is 1.